The second-order valence-electron chi connectivity index (χ2n) is 6.98. The maximum atomic E-state index is 12.3. The van der Waals surface area contributed by atoms with Gasteiger partial charge in [-0.05, 0) is 24.6 Å². The fraction of sp³-hybridized carbons (Fsp3) is 0.167. The van der Waals surface area contributed by atoms with Crippen LogP contribution in [0.1, 0.15) is 28.2 Å². The van der Waals surface area contributed by atoms with E-state index < -0.39 is 0 Å². The number of anilines is 1. The largest absolute Gasteiger partial charge is 0.461 e. The minimum Gasteiger partial charge on any atom is -0.461 e. The lowest BCUT2D eigenvalue weighted by Gasteiger charge is -2.01. The van der Waals surface area contributed by atoms with Crippen LogP contribution in [0.5, 0.6) is 0 Å². The number of furan rings is 1. The molecule has 0 aliphatic rings. The van der Waals surface area contributed by atoms with E-state index in [0.717, 1.165) is 28.4 Å². The number of rotatable bonds is 7. The minimum absolute atomic E-state index is 0.0564. The molecule has 0 radical (unpaired) electrons. The standard InChI is InChI=1S/C24H22N2O2S/c1-17-6-5-7-18(14-17)15-21-16-25-24(29-21)26-23(27)13-11-20-10-12-22(28-20)19-8-3-2-4-9-19/h2-10,12,14,16H,11,13,15H2,1H3,(H,25,26,27). The van der Waals surface area contributed by atoms with Crippen LogP contribution in [0, 0.1) is 6.92 Å². The van der Waals surface area contributed by atoms with E-state index in [4.69, 9.17) is 4.42 Å². The molecule has 2 aromatic heterocycles. The van der Waals surface area contributed by atoms with Gasteiger partial charge < -0.3 is 9.73 Å². The summed E-state index contributed by atoms with van der Waals surface area (Å²) in [4.78, 5) is 17.8. The Hall–Kier alpha value is -3.18. The summed E-state index contributed by atoms with van der Waals surface area (Å²) in [5.74, 6) is 1.57. The summed E-state index contributed by atoms with van der Waals surface area (Å²) in [6.07, 6.45) is 3.57. The number of hydrogen-bond donors (Lipinski definition) is 1. The molecule has 0 saturated heterocycles. The number of nitrogens with zero attached hydrogens (tertiary/aromatic N) is 1. The molecule has 2 heterocycles. The molecule has 4 aromatic rings. The van der Waals surface area contributed by atoms with Gasteiger partial charge in [-0.25, -0.2) is 4.98 Å². The molecule has 0 unspecified atom stereocenters. The molecule has 4 nitrogen and oxygen atoms in total. The number of carbonyl (C=O) groups is 1. The molecule has 146 valence electrons. The number of aryl methyl sites for hydroxylation is 2. The first-order chi connectivity index (χ1) is 14.2. The van der Waals surface area contributed by atoms with Gasteiger partial charge in [0.05, 0.1) is 0 Å². The molecule has 1 N–H and O–H groups in total. The first kappa shape index (κ1) is 19.2. The highest BCUT2D eigenvalue weighted by Crippen LogP contribution is 2.24. The van der Waals surface area contributed by atoms with Gasteiger partial charge in [0.15, 0.2) is 5.13 Å². The summed E-state index contributed by atoms with van der Waals surface area (Å²) in [6, 6.07) is 22.2. The zero-order valence-electron chi connectivity index (χ0n) is 16.2. The first-order valence-corrected chi connectivity index (χ1v) is 10.4. The maximum absolute atomic E-state index is 12.3. The van der Waals surface area contributed by atoms with Crippen molar-refractivity contribution in [3.63, 3.8) is 0 Å². The Morgan fingerprint density at radius 1 is 1.07 bits per heavy atom. The molecule has 0 aliphatic carbocycles. The normalized spacial score (nSPS) is 10.8. The summed E-state index contributed by atoms with van der Waals surface area (Å²) < 4.78 is 5.86. The molecule has 5 heteroatoms. The molecule has 1 amide bonds. The highest BCUT2D eigenvalue weighted by atomic mass is 32.1. The Morgan fingerprint density at radius 2 is 1.93 bits per heavy atom. The van der Waals surface area contributed by atoms with Crippen LogP contribution in [0.15, 0.2) is 77.3 Å². The third-order valence-corrected chi connectivity index (χ3v) is 5.49. The lowest BCUT2D eigenvalue weighted by molar-refractivity contribution is -0.116. The first-order valence-electron chi connectivity index (χ1n) is 9.60. The Labute approximate surface area is 174 Å². The van der Waals surface area contributed by atoms with Crippen molar-refractivity contribution in [1.29, 1.82) is 0 Å². The van der Waals surface area contributed by atoms with Crippen molar-refractivity contribution in [3.05, 3.63) is 94.7 Å². The Kier molecular flexibility index (Phi) is 5.86. The maximum Gasteiger partial charge on any atom is 0.226 e. The van der Waals surface area contributed by atoms with Gasteiger partial charge in [-0.1, -0.05) is 60.2 Å². The third-order valence-electron chi connectivity index (χ3n) is 4.58. The fourth-order valence-electron chi connectivity index (χ4n) is 3.16. The van der Waals surface area contributed by atoms with E-state index in [2.05, 4.69) is 41.5 Å². The number of amides is 1. The van der Waals surface area contributed by atoms with Crippen LogP contribution >= 0.6 is 11.3 Å². The van der Waals surface area contributed by atoms with Crippen molar-refractivity contribution in [2.24, 2.45) is 0 Å². The van der Waals surface area contributed by atoms with Crippen molar-refractivity contribution in [2.75, 3.05) is 5.32 Å². The Balaban J connectivity index is 1.29. The van der Waals surface area contributed by atoms with Crippen molar-refractivity contribution < 1.29 is 9.21 Å². The van der Waals surface area contributed by atoms with Gasteiger partial charge in [-0.15, -0.1) is 11.3 Å². The van der Waals surface area contributed by atoms with E-state index in [1.807, 2.05) is 48.7 Å². The zero-order valence-corrected chi connectivity index (χ0v) is 17.0. The van der Waals surface area contributed by atoms with Crippen LogP contribution in [0.3, 0.4) is 0 Å². The molecule has 0 bridgehead atoms. The zero-order chi connectivity index (χ0) is 20.1. The van der Waals surface area contributed by atoms with Gasteiger partial charge in [0.1, 0.15) is 11.5 Å². The predicted octanol–water partition coefficient (Wildman–Crippen LogP) is 5.87. The van der Waals surface area contributed by atoms with E-state index in [1.54, 1.807) is 0 Å². The van der Waals surface area contributed by atoms with Crippen LogP contribution in [-0.2, 0) is 17.6 Å². The van der Waals surface area contributed by atoms with E-state index in [1.165, 1.54) is 22.5 Å². The van der Waals surface area contributed by atoms with Gasteiger partial charge in [0.25, 0.3) is 0 Å². The average molecular weight is 403 g/mol. The van der Waals surface area contributed by atoms with Crippen molar-refractivity contribution in [1.82, 2.24) is 4.98 Å². The molecule has 2 aromatic carbocycles. The highest BCUT2D eigenvalue weighted by molar-refractivity contribution is 7.15. The summed E-state index contributed by atoms with van der Waals surface area (Å²) >= 11 is 1.52. The molecular formula is C24H22N2O2S. The SMILES string of the molecule is Cc1cccc(Cc2cnc(NC(=O)CCc3ccc(-c4ccccc4)o3)s2)c1. The molecule has 0 aliphatic heterocycles. The molecule has 0 fully saturated rings. The van der Waals surface area contributed by atoms with Crippen LogP contribution in [-0.4, -0.2) is 10.9 Å². The monoisotopic (exact) mass is 402 g/mol. The second kappa shape index (κ2) is 8.88. The summed E-state index contributed by atoms with van der Waals surface area (Å²) in [5.41, 5.74) is 3.53. The molecule has 4 rings (SSSR count). The summed E-state index contributed by atoms with van der Waals surface area (Å²) in [5, 5.41) is 3.54. The number of benzene rings is 2. The minimum atomic E-state index is -0.0564. The van der Waals surface area contributed by atoms with Crippen LogP contribution in [0.2, 0.25) is 0 Å². The van der Waals surface area contributed by atoms with E-state index in [-0.39, 0.29) is 5.91 Å². The molecule has 29 heavy (non-hydrogen) atoms. The quantitative estimate of drug-likeness (QED) is 0.420. The van der Waals surface area contributed by atoms with Gasteiger partial charge in [-0.2, -0.15) is 0 Å². The second-order valence-corrected chi connectivity index (χ2v) is 8.09. The summed E-state index contributed by atoms with van der Waals surface area (Å²) in [7, 11) is 0. The number of aromatic nitrogens is 1. The van der Waals surface area contributed by atoms with Crippen LogP contribution in [0.4, 0.5) is 5.13 Å². The topological polar surface area (TPSA) is 55.1 Å². The smallest absolute Gasteiger partial charge is 0.226 e. The van der Waals surface area contributed by atoms with E-state index in [0.29, 0.717) is 18.0 Å². The van der Waals surface area contributed by atoms with Gasteiger partial charge in [-0.3, -0.25) is 4.79 Å². The summed E-state index contributed by atoms with van der Waals surface area (Å²) in [6.45, 7) is 2.09. The Bertz CT molecular complexity index is 1100. The van der Waals surface area contributed by atoms with Gasteiger partial charge in [0.2, 0.25) is 5.91 Å². The number of nitrogens with one attached hydrogen (secondary N) is 1. The van der Waals surface area contributed by atoms with Crippen LogP contribution < -0.4 is 5.32 Å². The lowest BCUT2D eigenvalue weighted by atomic mass is 10.1. The van der Waals surface area contributed by atoms with Crippen LogP contribution in [0.25, 0.3) is 11.3 Å². The number of thiazole rings is 1. The lowest BCUT2D eigenvalue weighted by Crippen LogP contribution is -2.11. The number of hydrogen-bond acceptors (Lipinski definition) is 4. The fourth-order valence-corrected chi connectivity index (χ4v) is 4.02. The highest BCUT2D eigenvalue weighted by Gasteiger charge is 2.10. The molecule has 0 saturated carbocycles. The van der Waals surface area contributed by atoms with Gasteiger partial charge in [0, 0.05) is 35.9 Å². The van der Waals surface area contributed by atoms with E-state index >= 15 is 0 Å². The molecule has 0 spiro atoms. The van der Waals surface area contributed by atoms with Crippen molar-refractivity contribution in [2.45, 2.75) is 26.2 Å². The van der Waals surface area contributed by atoms with Gasteiger partial charge >= 0.3 is 0 Å². The molecular weight excluding hydrogens is 380 g/mol. The van der Waals surface area contributed by atoms with Crippen molar-refractivity contribution in [3.8, 4) is 11.3 Å². The average Bonchev–Trinajstić information content (AvgIpc) is 3.37. The Morgan fingerprint density at radius 3 is 2.76 bits per heavy atom. The van der Waals surface area contributed by atoms with Crippen molar-refractivity contribution >= 4 is 22.4 Å². The third kappa shape index (κ3) is 5.21. The number of carbonyl (C=O) groups excluding carboxylic acids is 1. The predicted molar refractivity (Wildman–Crippen MR) is 117 cm³/mol. The molecule has 0 atom stereocenters. The van der Waals surface area contributed by atoms with E-state index in [9.17, 15) is 4.79 Å².